The van der Waals surface area contributed by atoms with E-state index in [1.54, 1.807) is 18.8 Å². The number of rotatable bonds is 2. The van der Waals surface area contributed by atoms with E-state index >= 15 is 0 Å². The van der Waals surface area contributed by atoms with E-state index in [-0.39, 0.29) is 43.0 Å². The normalized spacial score (nSPS) is 16.4. The van der Waals surface area contributed by atoms with Crippen LogP contribution in [0.1, 0.15) is 34.3 Å². The third-order valence-corrected chi connectivity index (χ3v) is 6.08. The molecule has 1 aromatic carbocycles. The van der Waals surface area contributed by atoms with Gasteiger partial charge in [0.1, 0.15) is 11.3 Å². The van der Waals surface area contributed by atoms with Crippen LogP contribution in [0.4, 0.5) is 8.78 Å². The molecule has 0 saturated carbocycles. The molecule has 1 amide bonds. The second-order valence-corrected chi connectivity index (χ2v) is 8.48. The van der Waals surface area contributed by atoms with Gasteiger partial charge in [-0.05, 0) is 46.6 Å². The molecule has 1 unspecified atom stereocenters. The third kappa shape index (κ3) is 3.45. The van der Waals surface area contributed by atoms with Crippen molar-refractivity contribution >= 4 is 55.9 Å². The number of aryl methyl sites for hydroxylation is 1. The van der Waals surface area contributed by atoms with Gasteiger partial charge in [-0.1, -0.05) is 11.6 Å². The van der Waals surface area contributed by atoms with Crippen LogP contribution < -0.4 is 5.32 Å². The van der Waals surface area contributed by atoms with Gasteiger partial charge in [0.15, 0.2) is 11.5 Å². The molecule has 12 heteroatoms. The third-order valence-electron chi connectivity index (χ3n) is 4.81. The number of amides is 1. The number of halogens is 5. The first-order chi connectivity index (χ1) is 14.2. The van der Waals surface area contributed by atoms with Crippen LogP contribution in [0.25, 0.3) is 10.9 Å². The van der Waals surface area contributed by atoms with Crippen LogP contribution in [0, 0.1) is 11.6 Å². The number of benzene rings is 1. The molecule has 1 aliphatic rings. The van der Waals surface area contributed by atoms with Crippen LogP contribution in [0.2, 0.25) is 10.3 Å². The molecule has 0 fully saturated rings. The van der Waals surface area contributed by atoms with Gasteiger partial charge in [-0.2, -0.15) is 5.10 Å². The van der Waals surface area contributed by atoms with E-state index in [1.807, 2.05) is 0 Å². The summed E-state index contributed by atoms with van der Waals surface area (Å²) >= 11 is 15.5. The Kier molecular flexibility index (Phi) is 5.69. The average Bonchev–Trinajstić information content (AvgIpc) is 2.88. The number of carbonyl (C=O) groups excluding carboxylic acids is 1. The lowest BCUT2D eigenvalue weighted by atomic mass is 10.0. The van der Waals surface area contributed by atoms with Crippen molar-refractivity contribution in [2.45, 2.75) is 19.0 Å². The Bertz CT molecular complexity index is 1190. The Morgan fingerprint density at radius 1 is 1.33 bits per heavy atom. The fourth-order valence-corrected chi connectivity index (χ4v) is 4.24. The van der Waals surface area contributed by atoms with Crippen molar-refractivity contribution in [3.05, 3.63) is 49.6 Å². The van der Waals surface area contributed by atoms with Gasteiger partial charge >= 0.3 is 0 Å². The number of aromatic nitrogens is 4. The van der Waals surface area contributed by atoms with Gasteiger partial charge < -0.3 is 10.2 Å². The molecule has 1 aliphatic heterocycles. The van der Waals surface area contributed by atoms with E-state index in [2.05, 4.69) is 36.3 Å². The van der Waals surface area contributed by atoms with Crippen LogP contribution in [0.5, 0.6) is 0 Å². The van der Waals surface area contributed by atoms with E-state index in [4.69, 9.17) is 23.2 Å². The van der Waals surface area contributed by atoms with E-state index < -0.39 is 17.7 Å². The lowest BCUT2D eigenvalue weighted by Crippen LogP contribution is -2.25. The molecular formula is C18H15BrCl2F2N6O. The monoisotopic (exact) mass is 518 g/mol. The van der Waals surface area contributed by atoms with Crippen LogP contribution in [-0.4, -0.2) is 51.2 Å². The van der Waals surface area contributed by atoms with Gasteiger partial charge in [0.25, 0.3) is 5.91 Å². The lowest BCUT2D eigenvalue weighted by Gasteiger charge is -2.19. The number of hydrogen-bond donors (Lipinski definition) is 1. The van der Waals surface area contributed by atoms with Gasteiger partial charge in [-0.25, -0.2) is 18.7 Å². The van der Waals surface area contributed by atoms with Gasteiger partial charge in [-0.15, -0.1) is 0 Å². The first-order valence-electron chi connectivity index (χ1n) is 8.92. The highest BCUT2D eigenvalue weighted by molar-refractivity contribution is 9.10. The van der Waals surface area contributed by atoms with Crippen molar-refractivity contribution < 1.29 is 13.6 Å². The minimum absolute atomic E-state index is 0.0925. The van der Waals surface area contributed by atoms with Crippen molar-refractivity contribution in [1.29, 1.82) is 0 Å². The summed E-state index contributed by atoms with van der Waals surface area (Å²) in [6.45, 7) is 1.07. The predicted molar refractivity (Wildman–Crippen MR) is 112 cm³/mol. The Morgan fingerprint density at radius 3 is 2.77 bits per heavy atom. The number of hydrogen-bond acceptors (Lipinski definition) is 5. The van der Waals surface area contributed by atoms with Crippen molar-refractivity contribution in [3.63, 3.8) is 0 Å². The number of fused-ring (bicyclic) bond motifs is 2. The van der Waals surface area contributed by atoms with Crippen LogP contribution in [0.15, 0.2) is 10.5 Å². The summed E-state index contributed by atoms with van der Waals surface area (Å²) in [5, 5.41) is 7.74. The van der Waals surface area contributed by atoms with Gasteiger partial charge in [-0.3, -0.25) is 9.48 Å². The van der Waals surface area contributed by atoms with Crippen LogP contribution in [0.3, 0.4) is 0 Å². The second kappa shape index (κ2) is 7.99. The van der Waals surface area contributed by atoms with Gasteiger partial charge in [0.05, 0.1) is 26.9 Å². The second-order valence-electron chi connectivity index (χ2n) is 6.97. The number of nitrogens with one attached hydrogen (secondary N) is 1. The minimum atomic E-state index is -0.882. The van der Waals surface area contributed by atoms with Crippen LogP contribution >= 0.6 is 39.1 Å². The summed E-state index contributed by atoms with van der Waals surface area (Å²) in [4.78, 5) is 22.1. The zero-order valence-electron chi connectivity index (χ0n) is 15.8. The Labute approximate surface area is 188 Å². The van der Waals surface area contributed by atoms with E-state index in [0.29, 0.717) is 25.2 Å². The summed E-state index contributed by atoms with van der Waals surface area (Å²) in [6, 6.07) is 0.431. The van der Waals surface area contributed by atoms with E-state index in [1.165, 1.54) is 4.90 Å². The molecule has 4 rings (SSSR count). The lowest BCUT2D eigenvalue weighted by molar-refractivity contribution is 0.0821. The molecule has 0 bridgehead atoms. The molecule has 7 nitrogen and oxygen atoms in total. The summed E-state index contributed by atoms with van der Waals surface area (Å²) in [5.74, 6) is -2.04. The topological polar surface area (TPSA) is 75.9 Å². The van der Waals surface area contributed by atoms with E-state index in [0.717, 1.165) is 6.07 Å². The highest BCUT2D eigenvalue weighted by atomic mass is 79.9. The number of nitrogens with zero attached hydrogens (tertiary/aromatic N) is 5. The molecule has 0 spiro atoms. The van der Waals surface area contributed by atoms with E-state index in [9.17, 15) is 13.6 Å². The molecule has 0 aliphatic carbocycles. The van der Waals surface area contributed by atoms with Gasteiger partial charge in [0.2, 0.25) is 5.28 Å². The Balaban J connectivity index is 1.99. The largest absolute Gasteiger partial charge is 0.343 e. The molecule has 0 radical (unpaired) electrons. The Morgan fingerprint density at radius 2 is 2.07 bits per heavy atom. The van der Waals surface area contributed by atoms with Crippen molar-refractivity contribution in [2.24, 2.45) is 0 Å². The zero-order chi connectivity index (χ0) is 21.7. The molecule has 2 aromatic heterocycles. The molecule has 158 valence electrons. The Hall–Kier alpha value is -1.88. The molecular weight excluding hydrogens is 505 g/mol. The summed E-state index contributed by atoms with van der Waals surface area (Å²) < 4.78 is 30.3. The van der Waals surface area contributed by atoms with Crippen molar-refractivity contribution in [2.75, 3.05) is 20.6 Å². The first kappa shape index (κ1) is 21.4. The quantitative estimate of drug-likeness (QED) is 0.409. The smallest absolute Gasteiger partial charge is 0.275 e. The number of carbonyl (C=O) groups is 1. The molecule has 1 N–H and O–H groups in total. The first-order valence-corrected chi connectivity index (χ1v) is 10.5. The maximum atomic E-state index is 14.7. The van der Waals surface area contributed by atoms with Crippen molar-refractivity contribution in [1.82, 2.24) is 30.0 Å². The predicted octanol–water partition coefficient (Wildman–Crippen LogP) is 3.96. The fourth-order valence-electron chi connectivity index (χ4n) is 3.43. The highest BCUT2D eigenvalue weighted by Crippen LogP contribution is 2.37. The molecule has 30 heavy (non-hydrogen) atoms. The highest BCUT2D eigenvalue weighted by Gasteiger charge is 2.33. The van der Waals surface area contributed by atoms with Crippen LogP contribution in [-0.2, 0) is 6.54 Å². The average molecular weight is 520 g/mol. The molecule has 1 atom stereocenters. The molecule has 3 aromatic rings. The summed E-state index contributed by atoms with van der Waals surface area (Å²) in [6.07, 6.45) is 0.697. The summed E-state index contributed by atoms with van der Waals surface area (Å²) in [5.41, 5.74) is 0.675. The summed E-state index contributed by atoms with van der Waals surface area (Å²) in [7, 11) is 3.19. The SMILES string of the molecule is CN(C)C(=O)c1nn2c(c1Cl)C(c1nc(Cl)nc3c(F)c(Br)c(F)cc13)NCCC2. The van der Waals surface area contributed by atoms with Gasteiger partial charge in [0, 0.05) is 26.0 Å². The zero-order valence-corrected chi connectivity index (χ0v) is 18.9. The standard InChI is InChI=1S/C18H15BrCl2F2N6O/c1-28(2)17(30)14-10(20)16-15(24-4-3-5-29(16)27-14)13-7-6-8(22)9(19)11(23)12(7)25-18(21)26-13/h6,15,24H,3-5H2,1-2H3. The van der Waals surface area contributed by atoms with Crippen molar-refractivity contribution in [3.8, 4) is 0 Å². The fraction of sp³-hybridized carbons (Fsp3) is 0.333. The molecule has 3 heterocycles. The molecule has 0 saturated heterocycles. The maximum Gasteiger partial charge on any atom is 0.275 e. The maximum absolute atomic E-state index is 14.7. The minimum Gasteiger partial charge on any atom is -0.343 e.